The molecule has 1 aromatic heterocycles. The van der Waals surface area contributed by atoms with E-state index in [2.05, 4.69) is 17.3 Å². The molecule has 1 N–H and O–H groups in total. The van der Waals surface area contributed by atoms with Crippen molar-refractivity contribution in [2.75, 3.05) is 6.61 Å². The van der Waals surface area contributed by atoms with Crippen LogP contribution in [0.5, 0.6) is 5.75 Å². The Labute approximate surface area is 130 Å². The SMILES string of the molecule is CCn1ncc(CNC(=O)[C@@H]2COc3ccccc3C2)c1C. The van der Waals surface area contributed by atoms with Gasteiger partial charge in [-0.15, -0.1) is 0 Å². The average Bonchev–Trinajstić information content (AvgIpc) is 2.92. The first-order valence-corrected chi connectivity index (χ1v) is 7.68. The zero-order chi connectivity index (χ0) is 15.5. The monoisotopic (exact) mass is 299 g/mol. The van der Waals surface area contributed by atoms with E-state index in [1.165, 1.54) is 0 Å². The minimum Gasteiger partial charge on any atom is -0.492 e. The van der Waals surface area contributed by atoms with Gasteiger partial charge in [0.05, 0.1) is 12.1 Å². The fraction of sp³-hybridized carbons (Fsp3) is 0.412. The highest BCUT2D eigenvalue weighted by atomic mass is 16.5. The molecule has 116 valence electrons. The van der Waals surface area contributed by atoms with Crippen LogP contribution in [0.2, 0.25) is 0 Å². The van der Waals surface area contributed by atoms with Crippen LogP contribution in [-0.2, 0) is 24.3 Å². The number of para-hydroxylation sites is 1. The van der Waals surface area contributed by atoms with Gasteiger partial charge in [-0.05, 0) is 31.9 Å². The van der Waals surface area contributed by atoms with Crippen LogP contribution in [0.4, 0.5) is 0 Å². The molecular weight excluding hydrogens is 278 g/mol. The Morgan fingerprint density at radius 1 is 1.45 bits per heavy atom. The average molecular weight is 299 g/mol. The van der Waals surface area contributed by atoms with Crippen molar-refractivity contribution in [3.8, 4) is 5.75 Å². The molecule has 1 aliphatic rings. The van der Waals surface area contributed by atoms with Crippen LogP contribution in [0.3, 0.4) is 0 Å². The summed E-state index contributed by atoms with van der Waals surface area (Å²) in [6.07, 6.45) is 2.56. The molecule has 5 nitrogen and oxygen atoms in total. The van der Waals surface area contributed by atoms with Crippen molar-refractivity contribution in [2.24, 2.45) is 5.92 Å². The molecule has 0 spiro atoms. The van der Waals surface area contributed by atoms with E-state index < -0.39 is 0 Å². The number of nitrogens with one attached hydrogen (secondary N) is 1. The molecule has 2 aromatic rings. The molecule has 1 aromatic carbocycles. The number of hydrogen-bond donors (Lipinski definition) is 1. The van der Waals surface area contributed by atoms with Crippen molar-refractivity contribution in [1.82, 2.24) is 15.1 Å². The first-order valence-electron chi connectivity index (χ1n) is 7.68. The van der Waals surface area contributed by atoms with Gasteiger partial charge in [0.15, 0.2) is 0 Å². The van der Waals surface area contributed by atoms with Crippen molar-refractivity contribution >= 4 is 5.91 Å². The summed E-state index contributed by atoms with van der Waals surface area (Å²) in [6.45, 7) is 5.88. The number of carbonyl (C=O) groups excluding carboxylic acids is 1. The maximum Gasteiger partial charge on any atom is 0.227 e. The number of amides is 1. The van der Waals surface area contributed by atoms with Gasteiger partial charge in [0.2, 0.25) is 5.91 Å². The predicted octanol–water partition coefficient (Wildman–Crippen LogP) is 2.08. The van der Waals surface area contributed by atoms with Gasteiger partial charge in [0.1, 0.15) is 12.4 Å². The van der Waals surface area contributed by atoms with E-state index in [-0.39, 0.29) is 11.8 Å². The van der Waals surface area contributed by atoms with Crippen LogP contribution in [0.1, 0.15) is 23.7 Å². The van der Waals surface area contributed by atoms with Crippen LogP contribution < -0.4 is 10.1 Å². The van der Waals surface area contributed by atoms with Crippen molar-refractivity contribution in [3.63, 3.8) is 0 Å². The fourth-order valence-corrected chi connectivity index (χ4v) is 2.80. The van der Waals surface area contributed by atoms with Crippen molar-refractivity contribution in [1.29, 1.82) is 0 Å². The largest absolute Gasteiger partial charge is 0.492 e. The number of aryl methyl sites for hydroxylation is 1. The van der Waals surface area contributed by atoms with E-state index in [4.69, 9.17) is 4.74 Å². The summed E-state index contributed by atoms with van der Waals surface area (Å²) < 4.78 is 7.61. The second-order valence-corrected chi connectivity index (χ2v) is 5.61. The van der Waals surface area contributed by atoms with Gasteiger partial charge in [-0.2, -0.15) is 5.10 Å². The summed E-state index contributed by atoms with van der Waals surface area (Å²) in [6, 6.07) is 7.90. The van der Waals surface area contributed by atoms with Crippen LogP contribution in [0.25, 0.3) is 0 Å². The quantitative estimate of drug-likeness (QED) is 0.940. The first kappa shape index (κ1) is 14.6. The lowest BCUT2D eigenvalue weighted by Crippen LogP contribution is -2.37. The molecule has 0 bridgehead atoms. The van der Waals surface area contributed by atoms with Gasteiger partial charge < -0.3 is 10.1 Å². The molecule has 0 aliphatic carbocycles. The smallest absolute Gasteiger partial charge is 0.227 e. The Bertz CT molecular complexity index is 678. The Morgan fingerprint density at radius 3 is 3.05 bits per heavy atom. The highest BCUT2D eigenvalue weighted by molar-refractivity contribution is 5.79. The normalized spacial score (nSPS) is 16.7. The van der Waals surface area contributed by atoms with Gasteiger partial charge in [-0.1, -0.05) is 18.2 Å². The van der Waals surface area contributed by atoms with E-state index >= 15 is 0 Å². The molecule has 0 saturated heterocycles. The number of ether oxygens (including phenoxy) is 1. The number of benzene rings is 1. The first-order chi connectivity index (χ1) is 10.7. The topological polar surface area (TPSA) is 56.2 Å². The molecule has 0 fully saturated rings. The lowest BCUT2D eigenvalue weighted by molar-refractivity contribution is -0.126. The molecule has 0 radical (unpaired) electrons. The predicted molar refractivity (Wildman–Crippen MR) is 83.6 cm³/mol. The molecule has 2 heterocycles. The zero-order valence-electron chi connectivity index (χ0n) is 13.0. The zero-order valence-corrected chi connectivity index (χ0v) is 13.0. The summed E-state index contributed by atoms with van der Waals surface area (Å²) in [5.41, 5.74) is 3.27. The molecule has 1 atom stereocenters. The van der Waals surface area contributed by atoms with Gasteiger partial charge >= 0.3 is 0 Å². The lowest BCUT2D eigenvalue weighted by Gasteiger charge is -2.24. The molecule has 5 heteroatoms. The molecule has 0 saturated carbocycles. The number of fused-ring (bicyclic) bond motifs is 1. The van der Waals surface area contributed by atoms with E-state index in [0.29, 0.717) is 13.2 Å². The maximum atomic E-state index is 12.4. The number of aromatic nitrogens is 2. The van der Waals surface area contributed by atoms with E-state index in [9.17, 15) is 4.79 Å². The molecule has 1 aliphatic heterocycles. The minimum absolute atomic E-state index is 0.0400. The Kier molecular flexibility index (Phi) is 4.13. The Hall–Kier alpha value is -2.30. The summed E-state index contributed by atoms with van der Waals surface area (Å²) in [5.74, 6) is 0.807. The molecule has 0 unspecified atom stereocenters. The number of carbonyl (C=O) groups is 1. The highest BCUT2D eigenvalue weighted by Gasteiger charge is 2.25. The lowest BCUT2D eigenvalue weighted by atomic mass is 9.96. The Balaban J connectivity index is 1.60. The number of rotatable bonds is 4. The second kappa shape index (κ2) is 6.22. The fourth-order valence-electron chi connectivity index (χ4n) is 2.80. The summed E-state index contributed by atoms with van der Waals surface area (Å²) in [5, 5.41) is 7.30. The van der Waals surface area contributed by atoms with Gasteiger partial charge in [-0.3, -0.25) is 9.48 Å². The van der Waals surface area contributed by atoms with Gasteiger partial charge in [-0.25, -0.2) is 0 Å². The van der Waals surface area contributed by atoms with E-state index in [0.717, 1.165) is 35.5 Å². The van der Waals surface area contributed by atoms with E-state index in [1.54, 1.807) is 0 Å². The molecule has 1 amide bonds. The van der Waals surface area contributed by atoms with Crippen molar-refractivity contribution in [2.45, 2.75) is 33.4 Å². The standard InChI is InChI=1S/C17H21N3O2/c1-3-20-12(2)15(10-19-20)9-18-17(21)14-8-13-6-4-5-7-16(13)22-11-14/h4-7,10,14H,3,8-9,11H2,1-2H3,(H,18,21)/t14-/m0/s1. The molecule has 3 rings (SSSR count). The highest BCUT2D eigenvalue weighted by Crippen LogP contribution is 2.26. The maximum absolute atomic E-state index is 12.4. The third-order valence-corrected chi connectivity index (χ3v) is 4.21. The minimum atomic E-state index is -0.128. The van der Waals surface area contributed by atoms with Crippen LogP contribution >= 0.6 is 0 Å². The summed E-state index contributed by atoms with van der Waals surface area (Å²) in [4.78, 5) is 12.4. The van der Waals surface area contributed by atoms with Crippen LogP contribution in [0, 0.1) is 12.8 Å². The van der Waals surface area contributed by atoms with Crippen molar-refractivity contribution < 1.29 is 9.53 Å². The molecule has 22 heavy (non-hydrogen) atoms. The van der Waals surface area contributed by atoms with Crippen molar-refractivity contribution in [3.05, 3.63) is 47.3 Å². The summed E-state index contributed by atoms with van der Waals surface area (Å²) in [7, 11) is 0. The van der Waals surface area contributed by atoms with Crippen LogP contribution in [-0.4, -0.2) is 22.3 Å². The third kappa shape index (κ3) is 2.84. The van der Waals surface area contributed by atoms with Gasteiger partial charge in [0.25, 0.3) is 0 Å². The molecular formula is C17H21N3O2. The second-order valence-electron chi connectivity index (χ2n) is 5.61. The van der Waals surface area contributed by atoms with E-state index in [1.807, 2.05) is 42.1 Å². The Morgan fingerprint density at radius 2 is 2.27 bits per heavy atom. The van der Waals surface area contributed by atoms with Crippen LogP contribution in [0.15, 0.2) is 30.5 Å². The third-order valence-electron chi connectivity index (χ3n) is 4.21. The summed E-state index contributed by atoms with van der Waals surface area (Å²) >= 11 is 0. The van der Waals surface area contributed by atoms with Gasteiger partial charge in [0, 0.05) is 24.3 Å². The number of nitrogens with zero attached hydrogens (tertiary/aromatic N) is 2. The number of hydrogen-bond acceptors (Lipinski definition) is 3.